The van der Waals surface area contributed by atoms with E-state index in [0.29, 0.717) is 5.92 Å². The van der Waals surface area contributed by atoms with Crippen molar-refractivity contribution < 1.29 is 4.74 Å². The van der Waals surface area contributed by atoms with Crippen LogP contribution in [0.3, 0.4) is 0 Å². The van der Waals surface area contributed by atoms with Crippen molar-refractivity contribution in [3.05, 3.63) is 30.1 Å². The van der Waals surface area contributed by atoms with Crippen molar-refractivity contribution in [2.24, 2.45) is 5.92 Å². The summed E-state index contributed by atoms with van der Waals surface area (Å²) in [5, 5.41) is 12.7. The Balaban J connectivity index is 1.78. The second-order valence-corrected chi connectivity index (χ2v) is 8.96. The van der Waals surface area contributed by atoms with Crippen molar-refractivity contribution in [1.82, 2.24) is 25.1 Å². The van der Waals surface area contributed by atoms with Gasteiger partial charge in [0.1, 0.15) is 5.75 Å². The average Bonchev–Trinajstić information content (AvgIpc) is 3.16. The molecule has 1 fully saturated rings. The number of benzene rings is 1. The molecule has 1 aliphatic rings. The van der Waals surface area contributed by atoms with E-state index in [2.05, 4.69) is 72.1 Å². The maximum Gasteiger partial charge on any atom is 0.168 e. The molecule has 0 radical (unpaired) electrons. The van der Waals surface area contributed by atoms with Crippen LogP contribution >= 0.6 is 0 Å². The third kappa shape index (κ3) is 4.46. The first-order valence-electron chi connectivity index (χ1n) is 10.2. The molecule has 0 aliphatic carbocycles. The SMILES string of the molecule is COc1ccccc1N1CCN(C(CC(C)C)c2nnnn2C(C)(C)C)CC1. The lowest BCUT2D eigenvalue weighted by molar-refractivity contribution is 0.146. The van der Waals surface area contributed by atoms with Crippen molar-refractivity contribution in [2.75, 3.05) is 38.2 Å². The molecule has 2 heterocycles. The zero-order chi connectivity index (χ0) is 20.3. The third-order valence-corrected chi connectivity index (χ3v) is 5.30. The molecular weight excluding hydrogens is 352 g/mol. The maximum atomic E-state index is 5.55. The molecule has 28 heavy (non-hydrogen) atoms. The summed E-state index contributed by atoms with van der Waals surface area (Å²) in [5.41, 5.74) is 1.04. The van der Waals surface area contributed by atoms with Crippen molar-refractivity contribution in [1.29, 1.82) is 0 Å². The third-order valence-electron chi connectivity index (χ3n) is 5.30. The Labute approximate surface area is 168 Å². The molecule has 1 saturated heterocycles. The Morgan fingerprint density at radius 1 is 1.07 bits per heavy atom. The highest BCUT2D eigenvalue weighted by Gasteiger charge is 2.32. The molecule has 0 bridgehead atoms. The highest BCUT2D eigenvalue weighted by Crippen LogP contribution is 2.32. The summed E-state index contributed by atoms with van der Waals surface area (Å²) < 4.78 is 7.55. The van der Waals surface area contributed by atoms with E-state index >= 15 is 0 Å². The van der Waals surface area contributed by atoms with Crippen LogP contribution in [0.25, 0.3) is 0 Å². The summed E-state index contributed by atoms with van der Waals surface area (Å²) in [6, 6.07) is 8.49. The summed E-state index contributed by atoms with van der Waals surface area (Å²) in [5.74, 6) is 2.49. The van der Waals surface area contributed by atoms with E-state index in [4.69, 9.17) is 4.74 Å². The Bertz CT molecular complexity index is 758. The first-order valence-corrected chi connectivity index (χ1v) is 10.2. The summed E-state index contributed by atoms with van der Waals surface area (Å²) in [4.78, 5) is 4.95. The minimum absolute atomic E-state index is 0.132. The van der Waals surface area contributed by atoms with Gasteiger partial charge in [-0.2, -0.15) is 0 Å². The van der Waals surface area contributed by atoms with Crippen molar-refractivity contribution in [3.8, 4) is 5.75 Å². The number of rotatable bonds is 6. The van der Waals surface area contributed by atoms with Gasteiger partial charge in [0.25, 0.3) is 0 Å². The van der Waals surface area contributed by atoms with Crippen molar-refractivity contribution in [3.63, 3.8) is 0 Å². The summed E-state index contributed by atoms with van der Waals surface area (Å²) >= 11 is 0. The molecule has 0 spiro atoms. The summed E-state index contributed by atoms with van der Waals surface area (Å²) in [6.45, 7) is 14.9. The van der Waals surface area contributed by atoms with Gasteiger partial charge in [0.2, 0.25) is 0 Å². The van der Waals surface area contributed by atoms with Crippen LogP contribution in [0.15, 0.2) is 24.3 Å². The number of anilines is 1. The first-order chi connectivity index (χ1) is 13.3. The average molecular weight is 387 g/mol. The molecule has 7 nitrogen and oxygen atoms in total. The molecule has 3 rings (SSSR count). The van der Waals surface area contributed by atoms with Crippen LogP contribution < -0.4 is 9.64 Å². The zero-order valence-corrected chi connectivity index (χ0v) is 18.1. The van der Waals surface area contributed by atoms with E-state index in [0.717, 1.165) is 44.2 Å². The molecule has 7 heteroatoms. The van der Waals surface area contributed by atoms with E-state index in [1.165, 1.54) is 5.69 Å². The van der Waals surface area contributed by atoms with E-state index in [9.17, 15) is 0 Å². The fourth-order valence-electron chi connectivity index (χ4n) is 3.91. The molecule has 1 atom stereocenters. The molecule has 0 amide bonds. The standard InChI is InChI=1S/C21H34N6O/c1-16(2)15-18(20-22-23-24-27(20)21(3,4)5)26-13-11-25(12-14-26)17-9-7-8-10-19(17)28-6/h7-10,16,18H,11-15H2,1-6H3. The lowest BCUT2D eigenvalue weighted by Gasteiger charge is -2.41. The normalized spacial score (nSPS) is 17.2. The van der Waals surface area contributed by atoms with E-state index in [1.807, 2.05) is 16.8 Å². The molecule has 1 aliphatic heterocycles. The van der Waals surface area contributed by atoms with E-state index in [1.54, 1.807) is 7.11 Å². The van der Waals surface area contributed by atoms with Gasteiger partial charge in [-0.1, -0.05) is 26.0 Å². The molecule has 0 saturated carbocycles. The number of ether oxygens (including phenoxy) is 1. The fraction of sp³-hybridized carbons (Fsp3) is 0.667. The van der Waals surface area contributed by atoms with E-state index < -0.39 is 0 Å². The maximum absolute atomic E-state index is 5.55. The number of tetrazole rings is 1. The predicted molar refractivity (Wildman–Crippen MR) is 112 cm³/mol. The smallest absolute Gasteiger partial charge is 0.168 e. The Kier molecular flexibility index (Phi) is 6.23. The van der Waals surface area contributed by atoms with Crippen LogP contribution in [0.5, 0.6) is 5.75 Å². The number of hydrogen-bond acceptors (Lipinski definition) is 6. The second kappa shape index (κ2) is 8.47. The fourth-order valence-corrected chi connectivity index (χ4v) is 3.91. The highest BCUT2D eigenvalue weighted by molar-refractivity contribution is 5.58. The zero-order valence-electron chi connectivity index (χ0n) is 18.1. The van der Waals surface area contributed by atoms with E-state index in [-0.39, 0.29) is 11.6 Å². The van der Waals surface area contributed by atoms with Crippen LogP contribution in [0.2, 0.25) is 0 Å². The number of piperazine rings is 1. The molecular formula is C21H34N6O. The number of methoxy groups -OCH3 is 1. The molecule has 154 valence electrons. The second-order valence-electron chi connectivity index (χ2n) is 8.96. The topological polar surface area (TPSA) is 59.3 Å². The summed E-state index contributed by atoms with van der Waals surface area (Å²) in [6.07, 6.45) is 1.05. The molecule has 1 aromatic heterocycles. The quantitative estimate of drug-likeness (QED) is 0.759. The van der Waals surface area contributed by atoms with Gasteiger partial charge in [0.15, 0.2) is 5.82 Å². The van der Waals surface area contributed by atoms with Crippen LogP contribution in [0, 0.1) is 5.92 Å². The van der Waals surface area contributed by atoms with Crippen molar-refractivity contribution in [2.45, 2.75) is 52.6 Å². The van der Waals surface area contributed by atoms with Gasteiger partial charge in [0.05, 0.1) is 24.4 Å². The Morgan fingerprint density at radius 3 is 2.36 bits per heavy atom. The van der Waals surface area contributed by atoms with Crippen LogP contribution in [-0.4, -0.2) is 58.4 Å². The van der Waals surface area contributed by atoms with Gasteiger partial charge in [-0.25, -0.2) is 4.68 Å². The van der Waals surface area contributed by atoms with Gasteiger partial charge in [0, 0.05) is 26.2 Å². The van der Waals surface area contributed by atoms with Gasteiger partial charge >= 0.3 is 0 Å². The minimum Gasteiger partial charge on any atom is -0.495 e. The molecule has 1 aromatic carbocycles. The van der Waals surface area contributed by atoms with Gasteiger partial charge in [-0.3, -0.25) is 4.90 Å². The van der Waals surface area contributed by atoms with Gasteiger partial charge < -0.3 is 9.64 Å². The summed E-state index contributed by atoms with van der Waals surface area (Å²) in [7, 11) is 1.74. The molecule has 1 unspecified atom stereocenters. The van der Waals surface area contributed by atoms with Crippen LogP contribution in [-0.2, 0) is 5.54 Å². The first kappa shape index (κ1) is 20.6. The Hall–Kier alpha value is -2.15. The molecule has 0 N–H and O–H groups in total. The van der Waals surface area contributed by atoms with Crippen LogP contribution in [0.4, 0.5) is 5.69 Å². The number of para-hydroxylation sites is 2. The predicted octanol–water partition coefficient (Wildman–Crippen LogP) is 3.35. The molecule has 2 aromatic rings. The highest BCUT2D eigenvalue weighted by atomic mass is 16.5. The minimum atomic E-state index is -0.132. The van der Waals surface area contributed by atoms with Gasteiger partial charge in [-0.05, 0) is 55.7 Å². The monoisotopic (exact) mass is 386 g/mol. The number of hydrogen-bond donors (Lipinski definition) is 0. The number of nitrogens with zero attached hydrogens (tertiary/aromatic N) is 6. The Morgan fingerprint density at radius 2 is 1.75 bits per heavy atom. The lowest BCUT2D eigenvalue weighted by Crippen LogP contribution is -2.48. The largest absolute Gasteiger partial charge is 0.495 e. The van der Waals surface area contributed by atoms with Crippen molar-refractivity contribution >= 4 is 5.69 Å². The van der Waals surface area contributed by atoms with Crippen LogP contribution in [0.1, 0.15) is 52.9 Å². The number of aromatic nitrogens is 4. The lowest BCUT2D eigenvalue weighted by atomic mass is 9.99. The van der Waals surface area contributed by atoms with Gasteiger partial charge in [-0.15, -0.1) is 5.10 Å².